The molecule has 0 spiro atoms. The molecule has 4 aromatic rings. The van der Waals surface area contributed by atoms with Gasteiger partial charge in [0.25, 0.3) is 0 Å². The van der Waals surface area contributed by atoms with Gasteiger partial charge in [0.05, 0.1) is 17.3 Å². The second-order valence-corrected chi connectivity index (χ2v) is 10.5. The van der Waals surface area contributed by atoms with Gasteiger partial charge in [-0.2, -0.15) is 18.3 Å². The molecular weight excluding hydrogens is 547 g/mol. The van der Waals surface area contributed by atoms with E-state index in [1.807, 2.05) is 4.90 Å². The lowest BCUT2D eigenvalue weighted by Gasteiger charge is -2.35. The molecule has 1 aromatic carbocycles. The fourth-order valence-electron chi connectivity index (χ4n) is 5.02. The highest BCUT2D eigenvalue weighted by atomic mass is 19.4. The number of amides is 1. The minimum atomic E-state index is -4.52. The van der Waals surface area contributed by atoms with Crippen molar-refractivity contribution in [1.29, 1.82) is 0 Å². The summed E-state index contributed by atoms with van der Waals surface area (Å²) in [6, 6.07) is 4.77. The van der Waals surface area contributed by atoms with E-state index in [1.54, 1.807) is 29.2 Å². The molecule has 1 aliphatic heterocycles. The second-order valence-electron chi connectivity index (χ2n) is 10.5. The highest BCUT2D eigenvalue weighted by Crippen LogP contribution is 2.34. The number of hydrogen-bond acceptors (Lipinski definition) is 6. The Morgan fingerprint density at radius 1 is 1.12 bits per heavy atom. The van der Waals surface area contributed by atoms with Gasteiger partial charge in [-0.3, -0.25) is 14.4 Å². The zero-order valence-electron chi connectivity index (χ0n) is 21.9. The largest absolute Gasteiger partial charge is 0.397 e. The third kappa shape index (κ3) is 6.32. The predicted molar refractivity (Wildman–Crippen MR) is 140 cm³/mol. The van der Waals surface area contributed by atoms with Crippen molar-refractivity contribution < 1.29 is 26.7 Å². The molecule has 2 N–H and O–H groups in total. The Morgan fingerprint density at radius 3 is 2.63 bits per heavy atom. The van der Waals surface area contributed by atoms with Crippen LogP contribution in [0.3, 0.4) is 0 Å². The summed E-state index contributed by atoms with van der Waals surface area (Å²) >= 11 is 0. The number of nitrogens with one attached hydrogen (secondary N) is 2. The van der Waals surface area contributed by atoms with Crippen LogP contribution in [-0.2, 0) is 17.9 Å². The van der Waals surface area contributed by atoms with Gasteiger partial charge in [-0.1, -0.05) is 0 Å². The Morgan fingerprint density at radius 2 is 1.90 bits per heavy atom. The highest BCUT2D eigenvalue weighted by Gasteiger charge is 2.34. The highest BCUT2D eigenvalue weighted by molar-refractivity contribution is 5.85. The zero-order valence-corrected chi connectivity index (χ0v) is 21.9. The molecule has 41 heavy (non-hydrogen) atoms. The number of carbonyl (C=O) groups is 1. The van der Waals surface area contributed by atoms with Crippen LogP contribution in [0.15, 0.2) is 36.8 Å². The van der Waals surface area contributed by atoms with Crippen molar-refractivity contribution in [3.8, 4) is 11.1 Å². The Labute approximate surface area is 231 Å². The first-order chi connectivity index (χ1) is 19.6. The minimum Gasteiger partial charge on any atom is -0.340 e. The standard InChI is InChI=1S/C27H27F5N8O/c28-19-10-20-25(24(29)23(19)18-12-34-40(15-18)14-16-1-2-16)37-26(35-20)36-21-9-17(3-4-33-21)13-38-5-7-39(8-6-38)22(41)11-27(30,31)32/h3-4,9-10,12,15-16H,1-2,5-8,11,13-14H2,(H2,33,35,36,37). The van der Waals surface area contributed by atoms with Gasteiger partial charge in [-0.25, -0.2) is 18.7 Å². The average Bonchev–Trinajstić information content (AvgIpc) is 3.45. The maximum atomic E-state index is 15.4. The van der Waals surface area contributed by atoms with Gasteiger partial charge in [0.15, 0.2) is 5.82 Å². The molecule has 2 aliphatic rings. The van der Waals surface area contributed by atoms with Crippen molar-refractivity contribution in [3.05, 3.63) is 54.0 Å². The molecule has 3 aromatic heterocycles. The Kier molecular flexibility index (Phi) is 7.09. The number of imidazole rings is 1. The number of piperazine rings is 1. The number of anilines is 2. The molecule has 0 radical (unpaired) electrons. The minimum absolute atomic E-state index is 0.0204. The van der Waals surface area contributed by atoms with Crippen LogP contribution in [0.5, 0.6) is 0 Å². The number of benzene rings is 1. The van der Waals surface area contributed by atoms with E-state index < -0.39 is 30.1 Å². The third-order valence-corrected chi connectivity index (χ3v) is 7.29. The van der Waals surface area contributed by atoms with Crippen LogP contribution in [0.1, 0.15) is 24.8 Å². The van der Waals surface area contributed by atoms with E-state index in [-0.39, 0.29) is 35.6 Å². The van der Waals surface area contributed by atoms with Crippen LogP contribution in [0.25, 0.3) is 22.2 Å². The fraction of sp³-hybridized carbons (Fsp3) is 0.407. The van der Waals surface area contributed by atoms with E-state index in [2.05, 4.69) is 25.4 Å². The normalized spacial score (nSPS) is 16.5. The molecule has 1 amide bonds. The van der Waals surface area contributed by atoms with E-state index >= 15 is 4.39 Å². The number of aromatic amines is 1. The first kappa shape index (κ1) is 27.1. The predicted octanol–water partition coefficient (Wildman–Crippen LogP) is 4.85. The monoisotopic (exact) mass is 574 g/mol. The number of alkyl halides is 3. The smallest absolute Gasteiger partial charge is 0.340 e. The van der Waals surface area contributed by atoms with Crippen molar-refractivity contribution in [3.63, 3.8) is 0 Å². The summed E-state index contributed by atoms with van der Waals surface area (Å²) in [6.07, 6.45) is 0.995. The number of aromatic nitrogens is 5. The molecule has 6 rings (SSSR count). The van der Waals surface area contributed by atoms with E-state index in [4.69, 9.17) is 0 Å². The molecule has 0 unspecified atom stereocenters. The molecule has 9 nitrogen and oxygen atoms in total. The maximum Gasteiger partial charge on any atom is 0.397 e. The molecule has 216 valence electrons. The van der Waals surface area contributed by atoms with Crippen molar-refractivity contribution >= 4 is 28.7 Å². The van der Waals surface area contributed by atoms with E-state index in [0.717, 1.165) is 24.9 Å². The number of fused-ring (bicyclic) bond motifs is 1. The average molecular weight is 575 g/mol. The molecule has 14 heteroatoms. The van der Waals surface area contributed by atoms with Crippen LogP contribution in [-0.4, -0.2) is 72.8 Å². The number of H-pyrrole nitrogens is 1. The summed E-state index contributed by atoms with van der Waals surface area (Å²) in [5, 5.41) is 7.23. The van der Waals surface area contributed by atoms with Gasteiger partial charge in [0.1, 0.15) is 23.6 Å². The summed E-state index contributed by atoms with van der Waals surface area (Å²) in [5.41, 5.74) is 1.20. The molecular formula is C27H27F5N8O. The van der Waals surface area contributed by atoms with E-state index in [1.165, 1.54) is 17.2 Å². The third-order valence-electron chi connectivity index (χ3n) is 7.29. The Hall–Kier alpha value is -4.07. The molecule has 1 aliphatic carbocycles. The van der Waals surface area contributed by atoms with Gasteiger partial charge in [-0.15, -0.1) is 0 Å². The molecule has 0 bridgehead atoms. The fourth-order valence-corrected chi connectivity index (χ4v) is 5.02. The van der Waals surface area contributed by atoms with E-state index in [9.17, 15) is 22.4 Å². The number of nitrogens with zero attached hydrogens (tertiary/aromatic N) is 6. The lowest BCUT2D eigenvalue weighted by molar-refractivity contribution is -0.162. The topological polar surface area (TPSA) is 95.0 Å². The van der Waals surface area contributed by atoms with Crippen LogP contribution in [0, 0.1) is 17.6 Å². The van der Waals surface area contributed by atoms with Crippen LogP contribution < -0.4 is 5.32 Å². The maximum absolute atomic E-state index is 15.4. The van der Waals surface area contributed by atoms with Gasteiger partial charge in [0.2, 0.25) is 11.9 Å². The van der Waals surface area contributed by atoms with Gasteiger partial charge in [0, 0.05) is 63.3 Å². The Bertz CT molecular complexity index is 1570. The van der Waals surface area contributed by atoms with Gasteiger partial charge >= 0.3 is 6.18 Å². The van der Waals surface area contributed by atoms with Gasteiger partial charge in [-0.05, 0) is 36.5 Å². The van der Waals surface area contributed by atoms with Gasteiger partial charge < -0.3 is 15.2 Å². The summed E-state index contributed by atoms with van der Waals surface area (Å²) in [6.45, 7) is 2.53. The van der Waals surface area contributed by atoms with Crippen LogP contribution in [0.4, 0.5) is 33.7 Å². The quantitative estimate of drug-likeness (QED) is 0.292. The second kappa shape index (κ2) is 10.7. The summed E-state index contributed by atoms with van der Waals surface area (Å²) < 4.78 is 69.7. The number of hydrogen-bond donors (Lipinski definition) is 2. The van der Waals surface area contributed by atoms with E-state index in [0.29, 0.717) is 36.9 Å². The summed E-state index contributed by atoms with van der Waals surface area (Å²) in [5.74, 6) is -1.25. The lowest BCUT2D eigenvalue weighted by atomic mass is 10.1. The van der Waals surface area contributed by atoms with Crippen molar-refractivity contribution in [2.75, 3.05) is 31.5 Å². The van der Waals surface area contributed by atoms with Crippen molar-refractivity contribution in [1.82, 2.24) is 34.5 Å². The summed E-state index contributed by atoms with van der Waals surface area (Å²) in [4.78, 5) is 26.6. The number of rotatable bonds is 8. The first-order valence-electron chi connectivity index (χ1n) is 13.3. The number of halogens is 5. The molecule has 0 atom stereocenters. The van der Waals surface area contributed by atoms with Crippen molar-refractivity contribution in [2.45, 2.75) is 38.5 Å². The van der Waals surface area contributed by atoms with Crippen LogP contribution in [0.2, 0.25) is 0 Å². The molecule has 4 heterocycles. The molecule has 2 fully saturated rings. The molecule has 1 saturated heterocycles. The first-order valence-corrected chi connectivity index (χ1v) is 13.3. The van der Waals surface area contributed by atoms with Crippen LogP contribution >= 0.6 is 0 Å². The SMILES string of the molecule is O=C(CC(F)(F)F)N1CCN(Cc2ccnc(Nc3nc4c(F)c(-c5cnn(CC6CC6)c5)c(F)cc4[nH]3)c2)CC1. The lowest BCUT2D eigenvalue weighted by Crippen LogP contribution is -2.49. The molecule has 1 saturated carbocycles. The number of carbonyl (C=O) groups excluding carboxylic acids is 1. The zero-order chi connectivity index (χ0) is 28.7. The Balaban J connectivity index is 1.12. The number of pyridine rings is 1. The van der Waals surface area contributed by atoms with Crippen molar-refractivity contribution in [2.24, 2.45) is 5.92 Å². The summed E-state index contributed by atoms with van der Waals surface area (Å²) in [7, 11) is 0.